The molecule has 0 bridgehead atoms. The molecule has 4 heteroatoms. The maximum absolute atomic E-state index is 12.8. The SMILES string of the molecule is CC(C)=CCC=C1CC[C@@H]2C(=O)N(c3ccccc3)NC(=O)[C@H]2C1. The highest BCUT2D eigenvalue weighted by atomic mass is 16.2. The number of benzene rings is 1. The summed E-state index contributed by atoms with van der Waals surface area (Å²) in [7, 11) is 0. The second-order valence-electron chi connectivity index (χ2n) is 6.82. The molecular formula is C20H24N2O2. The molecule has 1 aromatic carbocycles. The number of carbonyl (C=O) groups excluding carboxylic acids is 2. The van der Waals surface area contributed by atoms with Crippen LogP contribution in [0.15, 0.2) is 53.6 Å². The Morgan fingerprint density at radius 1 is 1.21 bits per heavy atom. The Hall–Kier alpha value is -2.36. The Kier molecular flexibility index (Phi) is 4.84. The van der Waals surface area contributed by atoms with Crippen LogP contribution >= 0.6 is 0 Å². The van der Waals surface area contributed by atoms with Crippen molar-refractivity contribution >= 4 is 17.5 Å². The quantitative estimate of drug-likeness (QED) is 0.861. The number of fused-ring (bicyclic) bond motifs is 1. The van der Waals surface area contributed by atoms with E-state index >= 15 is 0 Å². The smallest absolute Gasteiger partial charge is 0.249 e. The van der Waals surface area contributed by atoms with Gasteiger partial charge in [-0.1, -0.05) is 41.5 Å². The van der Waals surface area contributed by atoms with Crippen LogP contribution in [0.2, 0.25) is 0 Å². The van der Waals surface area contributed by atoms with E-state index in [0.717, 1.165) is 24.9 Å². The fraction of sp³-hybridized carbons (Fsp3) is 0.400. The van der Waals surface area contributed by atoms with Gasteiger partial charge in [-0.25, -0.2) is 5.01 Å². The molecule has 2 atom stereocenters. The number of amides is 2. The van der Waals surface area contributed by atoms with Crippen molar-refractivity contribution in [2.45, 2.75) is 39.5 Å². The minimum atomic E-state index is -0.232. The largest absolute Gasteiger partial charge is 0.273 e. The van der Waals surface area contributed by atoms with Crippen LogP contribution in [0.4, 0.5) is 5.69 Å². The summed E-state index contributed by atoms with van der Waals surface area (Å²) in [4.78, 5) is 25.3. The first-order chi connectivity index (χ1) is 11.6. The number of carbonyl (C=O) groups is 2. The van der Waals surface area contributed by atoms with Crippen molar-refractivity contribution in [2.75, 3.05) is 5.01 Å². The van der Waals surface area contributed by atoms with E-state index < -0.39 is 0 Å². The minimum Gasteiger partial charge on any atom is -0.273 e. The summed E-state index contributed by atoms with van der Waals surface area (Å²) in [5.41, 5.74) is 6.10. The Morgan fingerprint density at radius 2 is 1.96 bits per heavy atom. The van der Waals surface area contributed by atoms with Gasteiger partial charge in [0.15, 0.2) is 0 Å². The van der Waals surface area contributed by atoms with Crippen LogP contribution in [0.3, 0.4) is 0 Å². The molecule has 0 unspecified atom stereocenters. The number of para-hydroxylation sites is 1. The number of hydrogen-bond donors (Lipinski definition) is 1. The Morgan fingerprint density at radius 3 is 2.67 bits per heavy atom. The maximum atomic E-state index is 12.8. The molecule has 4 nitrogen and oxygen atoms in total. The number of hydrogen-bond acceptors (Lipinski definition) is 2. The molecule has 126 valence electrons. The summed E-state index contributed by atoms with van der Waals surface area (Å²) in [6.07, 6.45) is 7.65. The summed E-state index contributed by atoms with van der Waals surface area (Å²) in [6.45, 7) is 4.17. The van der Waals surface area contributed by atoms with E-state index in [9.17, 15) is 9.59 Å². The molecule has 1 heterocycles. The van der Waals surface area contributed by atoms with Gasteiger partial charge in [0.2, 0.25) is 11.8 Å². The van der Waals surface area contributed by atoms with Crippen molar-refractivity contribution in [3.05, 3.63) is 53.6 Å². The minimum absolute atomic E-state index is 0.00847. The Labute approximate surface area is 143 Å². The van der Waals surface area contributed by atoms with Crippen molar-refractivity contribution in [3.63, 3.8) is 0 Å². The highest BCUT2D eigenvalue weighted by molar-refractivity contribution is 6.04. The molecule has 2 amide bonds. The summed E-state index contributed by atoms with van der Waals surface area (Å²) >= 11 is 0. The zero-order valence-electron chi connectivity index (χ0n) is 14.3. The Bertz CT molecular complexity index is 687. The summed E-state index contributed by atoms with van der Waals surface area (Å²) < 4.78 is 0. The number of nitrogens with zero attached hydrogens (tertiary/aromatic N) is 1. The van der Waals surface area contributed by atoms with Gasteiger partial charge in [0.1, 0.15) is 0 Å². The van der Waals surface area contributed by atoms with Gasteiger partial charge in [0.25, 0.3) is 0 Å². The first-order valence-corrected chi connectivity index (χ1v) is 8.57. The number of allylic oxidation sites excluding steroid dienone is 4. The van der Waals surface area contributed by atoms with E-state index in [2.05, 4.69) is 31.4 Å². The van der Waals surface area contributed by atoms with Crippen LogP contribution in [0.25, 0.3) is 0 Å². The summed E-state index contributed by atoms with van der Waals surface area (Å²) in [6, 6.07) is 9.31. The lowest BCUT2D eigenvalue weighted by Gasteiger charge is -2.40. The number of rotatable bonds is 3. The van der Waals surface area contributed by atoms with Crippen LogP contribution in [-0.4, -0.2) is 11.8 Å². The lowest BCUT2D eigenvalue weighted by molar-refractivity contribution is -0.140. The molecule has 0 spiro atoms. The van der Waals surface area contributed by atoms with Gasteiger partial charge in [-0.15, -0.1) is 0 Å². The fourth-order valence-corrected chi connectivity index (χ4v) is 3.47. The number of hydrazine groups is 1. The number of nitrogens with one attached hydrogen (secondary N) is 1. The van der Waals surface area contributed by atoms with Crippen LogP contribution in [-0.2, 0) is 9.59 Å². The van der Waals surface area contributed by atoms with Crippen LogP contribution in [0, 0.1) is 11.8 Å². The molecule has 1 aliphatic heterocycles. The molecule has 3 rings (SSSR count). The first kappa shape index (κ1) is 16.5. The molecular weight excluding hydrogens is 300 g/mol. The van der Waals surface area contributed by atoms with E-state index in [1.54, 1.807) is 0 Å². The van der Waals surface area contributed by atoms with Crippen molar-refractivity contribution in [3.8, 4) is 0 Å². The molecule has 1 saturated carbocycles. The molecule has 1 aliphatic carbocycles. The molecule has 0 aromatic heterocycles. The second kappa shape index (κ2) is 7.04. The zero-order valence-corrected chi connectivity index (χ0v) is 14.3. The Balaban J connectivity index is 1.74. The van der Waals surface area contributed by atoms with Gasteiger partial charge in [0, 0.05) is 0 Å². The molecule has 24 heavy (non-hydrogen) atoms. The van der Waals surface area contributed by atoms with E-state index in [1.807, 2.05) is 30.3 Å². The second-order valence-corrected chi connectivity index (χ2v) is 6.82. The van der Waals surface area contributed by atoms with Gasteiger partial charge in [-0.2, -0.15) is 0 Å². The van der Waals surface area contributed by atoms with Gasteiger partial charge in [-0.05, 0) is 51.7 Å². The molecule has 1 saturated heterocycles. The topological polar surface area (TPSA) is 49.4 Å². The highest BCUT2D eigenvalue weighted by Crippen LogP contribution is 2.38. The van der Waals surface area contributed by atoms with E-state index in [4.69, 9.17) is 0 Å². The van der Waals surface area contributed by atoms with Gasteiger partial charge in [-0.3, -0.25) is 15.0 Å². The van der Waals surface area contributed by atoms with E-state index in [0.29, 0.717) is 6.42 Å². The third kappa shape index (κ3) is 3.42. The molecule has 0 radical (unpaired) electrons. The van der Waals surface area contributed by atoms with Crippen LogP contribution < -0.4 is 10.4 Å². The van der Waals surface area contributed by atoms with E-state index in [1.165, 1.54) is 16.2 Å². The third-order valence-corrected chi connectivity index (χ3v) is 4.79. The lowest BCUT2D eigenvalue weighted by atomic mass is 9.74. The predicted octanol–water partition coefficient (Wildman–Crippen LogP) is 3.76. The molecule has 1 N–H and O–H groups in total. The standard InChI is InChI=1S/C20H24N2O2/c1-14(2)7-6-8-15-11-12-17-18(13-15)19(23)21-22(20(17)24)16-9-4-3-5-10-16/h3-5,7-10,17-18H,6,11-13H2,1-2H3,(H,21,23)/t17-,18-/m0/s1. The first-order valence-electron chi connectivity index (χ1n) is 8.57. The van der Waals surface area contributed by atoms with Crippen LogP contribution in [0.5, 0.6) is 0 Å². The fourth-order valence-electron chi connectivity index (χ4n) is 3.47. The van der Waals surface area contributed by atoms with Crippen molar-refractivity contribution < 1.29 is 9.59 Å². The average Bonchev–Trinajstić information content (AvgIpc) is 2.58. The van der Waals surface area contributed by atoms with Crippen molar-refractivity contribution in [2.24, 2.45) is 11.8 Å². The van der Waals surface area contributed by atoms with Gasteiger partial charge in [0.05, 0.1) is 17.5 Å². The summed E-state index contributed by atoms with van der Waals surface area (Å²) in [5.74, 6) is -0.478. The average molecular weight is 324 g/mol. The molecule has 2 aliphatic rings. The molecule has 1 aromatic rings. The normalized spacial score (nSPS) is 25.2. The predicted molar refractivity (Wildman–Crippen MR) is 95.0 cm³/mol. The maximum Gasteiger partial charge on any atom is 0.249 e. The van der Waals surface area contributed by atoms with Crippen LogP contribution in [0.1, 0.15) is 39.5 Å². The monoisotopic (exact) mass is 324 g/mol. The van der Waals surface area contributed by atoms with Crippen molar-refractivity contribution in [1.29, 1.82) is 0 Å². The summed E-state index contributed by atoms with van der Waals surface area (Å²) in [5, 5.41) is 1.42. The lowest BCUT2D eigenvalue weighted by Crippen LogP contribution is -2.59. The van der Waals surface area contributed by atoms with Gasteiger partial charge >= 0.3 is 0 Å². The molecule has 2 fully saturated rings. The number of anilines is 1. The van der Waals surface area contributed by atoms with Crippen molar-refractivity contribution in [1.82, 2.24) is 5.43 Å². The highest BCUT2D eigenvalue weighted by Gasteiger charge is 2.44. The zero-order chi connectivity index (χ0) is 17.1. The van der Waals surface area contributed by atoms with Gasteiger partial charge < -0.3 is 0 Å². The van der Waals surface area contributed by atoms with E-state index in [-0.39, 0.29) is 23.7 Å². The third-order valence-electron chi connectivity index (χ3n) is 4.79.